The van der Waals surface area contributed by atoms with E-state index in [1.807, 2.05) is 0 Å². The zero-order valence-electron chi connectivity index (χ0n) is 19.5. The van der Waals surface area contributed by atoms with Crippen molar-refractivity contribution in [2.45, 2.75) is 38.0 Å². The van der Waals surface area contributed by atoms with Crippen LogP contribution in [0.15, 0.2) is 41.2 Å². The lowest BCUT2D eigenvalue weighted by Gasteiger charge is -2.48. The molecule has 2 aromatic rings. The molecule has 1 aromatic carbocycles. The van der Waals surface area contributed by atoms with E-state index in [1.54, 1.807) is 19.9 Å². The number of fused-ring (bicyclic) bond motifs is 1. The molecule has 194 valence electrons. The van der Waals surface area contributed by atoms with Gasteiger partial charge in [-0.1, -0.05) is 5.16 Å². The van der Waals surface area contributed by atoms with Gasteiger partial charge in [0.15, 0.2) is 5.13 Å². The van der Waals surface area contributed by atoms with Gasteiger partial charge in [-0.15, -0.1) is 11.8 Å². The maximum atomic E-state index is 13.0. The number of benzene rings is 1. The summed E-state index contributed by atoms with van der Waals surface area (Å²) in [4.78, 5) is 59.3. The molecule has 1 saturated heterocycles. The van der Waals surface area contributed by atoms with Crippen molar-refractivity contribution in [1.29, 1.82) is 0 Å². The Morgan fingerprint density at radius 1 is 1.35 bits per heavy atom. The molecule has 4 rings (SSSR count). The van der Waals surface area contributed by atoms with Crippen molar-refractivity contribution in [2.75, 3.05) is 11.5 Å². The highest BCUT2D eigenvalue weighted by atomic mass is 32.2. The number of thioether (sulfide) groups is 1. The molecule has 0 saturated carbocycles. The van der Waals surface area contributed by atoms with Crippen molar-refractivity contribution in [3.63, 3.8) is 0 Å². The van der Waals surface area contributed by atoms with Crippen LogP contribution in [0.2, 0.25) is 0 Å². The normalized spacial score (nSPS) is 19.0. The molecular formula is C21H21N7O7S2. The minimum atomic E-state index is -0.927. The number of nitrogens with two attached hydrogens (primary N) is 1. The second kappa shape index (κ2) is 10.9. The number of nitrogens with zero attached hydrogens (tertiary/aromatic N) is 5. The van der Waals surface area contributed by atoms with Gasteiger partial charge in [-0.25, -0.2) is 4.79 Å². The lowest BCUT2D eigenvalue weighted by Crippen LogP contribution is -2.70. The first-order chi connectivity index (χ1) is 17.7. The summed E-state index contributed by atoms with van der Waals surface area (Å²) in [5, 5.41) is 16.8. The molecule has 0 spiro atoms. The Labute approximate surface area is 218 Å². The van der Waals surface area contributed by atoms with Crippen LogP contribution in [0.4, 0.5) is 10.8 Å². The number of non-ortho nitro benzene ring substituents is 1. The van der Waals surface area contributed by atoms with Gasteiger partial charge >= 0.3 is 5.97 Å². The largest absolute Gasteiger partial charge is 0.456 e. The van der Waals surface area contributed by atoms with Crippen molar-refractivity contribution in [2.24, 2.45) is 5.16 Å². The molecule has 0 aliphatic carbocycles. The molecule has 2 aliphatic heterocycles. The van der Waals surface area contributed by atoms with Crippen LogP contribution in [0.5, 0.6) is 0 Å². The molecule has 2 amide bonds. The van der Waals surface area contributed by atoms with E-state index in [0.717, 1.165) is 11.5 Å². The highest BCUT2D eigenvalue weighted by Gasteiger charge is 2.53. The highest BCUT2D eigenvalue weighted by molar-refractivity contribution is 8.00. The van der Waals surface area contributed by atoms with Gasteiger partial charge in [0.25, 0.3) is 17.5 Å². The first-order valence-electron chi connectivity index (χ1n) is 10.8. The van der Waals surface area contributed by atoms with Crippen LogP contribution in [0, 0.1) is 10.1 Å². The van der Waals surface area contributed by atoms with Crippen LogP contribution in [0.1, 0.15) is 25.2 Å². The predicted octanol–water partition coefficient (Wildman–Crippen LogP) is 1.18. The fourth-order valence-electron chi connectivity index (χ4n) is 3.35. The van der Waals surface area contributed by atoms with E-state index in [1.165, 1.54) is 40.9 Å². The maximum absolute atomic E-state index is 13.0. The van der Waals surface area contributed by atoms with Gasteiger partial charge in [0.2, 0.25) is 11.5 Å². The van der Waals surface area contributed by atoms with Gasteiger partial charge in [-0.3, -0.25) is 24.6 Å². The number of esters is 1. The fraction of sp³-hybridized carbons (Fsp3) is 0.333. The van der Waals surface area contributed by atoms with E-state index in [9.17, 15) is 24.5 Å². The SMILES string of the molecule is CC(C)ON=C(C(=O)NC1C(=O)N2C(C(=O)OCc3ccc([N+](=O)[O-])cc3)=CCS[C@@H]12)c1nsc(N)n1. The average Bonchev–Trinajstić information content (AvgIpc) is 3.30. The molecule has 0 radical (unpaired) electrons. The van der Waals surface area contributed by atoms with E-state index in [-0.39, 0.29) is 40.8 Å². The zero-order valence-corrected chi connectivity index (χ0v) is 21.2. The van der Waals surface area contributed by atoms with Crippen molar-refractivity contribution >= 4 is 57.6 Å². The number of rotatable bonds is 9. The fourth-order valence-corrected chi connectivity index (χ4v) is 4.98. The standard InChI is InChI=1S/C21H21N7O7S2/c1-10(2)35-25-14(16-24-21(22)37-26-16)17(29)23-15-18(30)27-13(7-8-36-19(15)27)20(31)34-9-11-3-5-12(6-4-11)28(32)33/h3-7,10,15,19H,8-9H2,1-2H3,(H,23,29)(H2,22,24,26)/t15?,19-/m0/s1. The summed E-state index contributed by atoms with van der Waals surface area (Å²) in [6, 6.07) is 4.64. The molecule has 3 heterocycles. The van der Waals surface area contributed by atoms with Crippen molar-refractivity contribution in [3.05, 3.63) is 57.5 Å². The topological polar surface area (TPSA) is 192 Å². The van der Waals surface area contributed by atoms with Gasteiger partial charge in [-0.2, -0.15) is 9.36 Å². The number of nitro groups is 1. The van der Waals surface area contributed by atoms with Gasteiger partial charge in [0.05, 0.1) is 4.92 Å². The van der Waals surface area contributed by atoms with E-state index < -0.39 is 34.1 Å². The van der Waals surface area contributed by atoms with Crippen LogP contribution in [-0.2, 0) is 30.6 Å². The molecule has 1 fully saturated rings. The van der Waals surface area contributed by atoms with E-state index >= 15 is 0 Å². The van der Waals surface area contributed by atoms with Crippen molar-refractivity contribution in [1.82, 2.24) is 19.6 Å². The van der Waals surface area contributed by atoms with Crippen LogP contribution in [0.25, 0.3) is 0 Å². The third-order valence-electron chi connectivity index (χ3n) is 5.08. The number of nitrogen functional groups attached to an aromatic ring is 1. The lowest BCUT2D eigenvalue weighted by atomic mass is 10.0. The van der Waals surface area contributed by atoms with Crippen LogP contribution < -0.4 is 11.1 Å². The summed E-state index contributed by atoms with van der Waals surface area (Å²) in [7, 11) is 0. The number of carbonyl (C=O) groups is 3. The maximum Gasteiger partial charge on any atom is 0.355 e. The summed E-state index contributed by atoms with van der Waals surface area (Å²) < 4.78 is 9.30. The van der Waals surface area contributed by atoms with Gasteiger partial charge in [0.1, 0.15) is 29.8 Å². The number of nitrogens with one attached hydrogen (secondary N) is 1. The van der Waals surface area contributed by atoms with Crippen LogP contribution >= 0.6 is 23.3 Å². The lowest BCUT2D eigenvalue weighted by molar-refractivity contribution is -0.384. The number of β-lactam (4-membered cyclic amide) rings is 1. The Bertz CT molecular complexity index is 1290. The molecule has 0 bridgehead atoms. The first kappa shape index (κ1) is 26.0. The number of aromatic nitrogens is 2. The average molecular weight is 548 g/mol. The quantitative estimate of drug-likeness (QED) is 0.151. The second-order valence-corrected chi connectivity index (χ2v) is 9.96. The molecule has 1 aromatic heterocycles. The van der Waals surface area contributed by atoms with Crippen LogP contribution in [0.3, 0.4) is 0 Å². The van der Waals surface area contributed by atoms with Gasteiger partial charge in [0, 0.05) is 29.4 Å². The number of nitro benzene ring substituents is 1. The number of amides is 2. The number of anilines is 1. The van der Waals surface area contributed by atoms with Crippen LogP contribution in [-0.4, -0.2) is 65.9 Å². The molecule has 37 heavy (non-hydrogen) atoms. The highest BCUT2D eigenvalue weighted by Crippen LogP contribution is 2.38. The van der Waals surface area contributed by atoms with Crippen molar-refractivity contribution in [3.8, 4) is 0 Å². The Kier molecular flexibility index (Phi) is 7.68. The molecule has 14 nitrogen and oxygen atoms in total. The first-order valence-corrected chi connectivity index (χ1v) is 12.7. The molecule has 2 atom stereocenters. The van der Waals surface area contributed by atoms with Crippen molar-refractivity contribution < 1.29 is 28.9 Å². The predicted molar refractivity (Wildman–Crippen MR) is 133 cm³/mol. The smallest absolute Gasteiger partial charge is 0.355 e. The number of ether oxygens (including phenoxy) is 1. The summed E-state index contributed by atoms with van der Waals surface area (Å²) >= 11 is 2.24. The Hall–Kier alpha value is -4.05. The molecule has 16 heteroatoms. The minimum absolute atomic E-state index is 0.0315. The van der Waals surface area contributed by atoms with E-state index in [0.29, 0.717) is 11.3 Å². The number of hydrogen-bond acceptors (Lipinski definition) is 13. The molecule has 1 unspecified atom stereocenters. The molecule has 3 N–H and O–H groups in total. The number of carbonyl (C=O) groups excluding carboxylic acids is 3. The van der Waals surface area contributed by atoms with E-state index in [2.05, 4.69) is 19.8 Å². The summed E-state index contributed by atoms with van der Waals surface area (Å²) in [5.41, 5.74) is 5.92. The molecule has 2 aliphatic rings. The van der Waals surface area contributed by atoms with E-state index in [4.69, 9.17) is 15.3 Å². The number of hydrogen-bond donors (Lipinski definition) is 2. The summed E-state index contributed by atoms with van der Waals surface area (Å²) in [6.07, 6.45) is 1.25. The number of oxime groups is 1. The third-order valence-corrected chi connectivity index (χ3v) is 6.81. The Morgan fingerprint density at radius 3 is 2.70 bits per heavy atom. The second-order valence-electron chi connectivity index (χ2n) is 8.02. The Morgan fingerprint density at radius 2 is 2.08 bits per heavy atom. The summed E-state index contributed by atoms with van der Waals surface area (Å²) in [6.45, 7) is 3.32. The Balaban J connectivity index is 1.40. The van der Waals surface area contributed by atoms with Gasteiger partial charge < -0.3 is 20.6 Å². The third kappa shape index (κ3) is 5.69. The minimum Gasteiger partial charge on any atom is -0.456 e. The molecular weight excluding hydrogens is 526 g/mol. The summed E-state index contributed by atoms with van der Waals surface area (Å²) in [5.74, 6) is -1.58. The zero-order chi connectivity index (χ0) is 26.7. The monoisotopic (exact) mass is 547 g/mol. The van der Waals surface area contributed by atoms with Gasteiger partial charge in [-0.05, 0) is 37.6 Å².